The summed E-state index contributed by atoms with van der Waals surface area (Å²) < 4.78 is 0. The number of carbonyl (C=O) groups excluding carboxylic acids is 16. The number of imidazole rings is 1. The lowest BCUT2D eigenvalue weighted by Gasteiger charge is -2.36. The van der Waals surface area contributed by atoms with E-state index in [-0.39, 0.29) is 120 Å². The Labute approximate surface area is 737 Å². The normalized spacial score (nSPS) is 24.7. The smallest absolute Gasteiger partial charge is 0.246 e. The highest BCUT2D eigenvalue weighted by Gasteiger charge is 2.46. The lowest BCUT2D eigenvalue weighted by molar-refractivity contribution is -0.149. The summed E-state index contributed by atoms with van der Waals surface area (Å²) in [6.07, 6.45) is 5.46. The molecule has 0 aliphatic carbocycles. The highest BCUT2D eigenvalue weighted by atomic mass is 16.3. The van der Waals surface area contributed by atoms with Crippen LogP contribution in [-0.2, 0) is 102 Å². The number of hydrogen-bond acceptors (Lipinski definition) is 19. The van der Waals surface area contributed by atoms with Gasteiger partial charge >= 0.3 is 0 Å². The summed E-state index contributed by atoms with van der Waals surface area (Å²) in [5, 5.41) is 50.1. The number of aromatic nitrogens is 4. The van der Waals surface area contributed by atoms with Gasteiger partial charge in [0, 0.05) is 120 Å². The average Bonchev–Trinajstić information content (AvgIpc) is 1.72. The first kappa shape index (κ1) is 98.0. The molecular formula is C89H124N20O18. The van der Waals surface area contributed by atoms with Gasteiger partial charge < -0.3 is 109 Å². The number of aromatic amines is 3. The number of likely N-dealkylation sites (N-methyl/N-ethyl adjacent to an activating group) is 3. The number of H-pyrrole nitrogens is 3. The molecule has 6 aromatic rings. The monoisotopic (exact) mass is 1760 g/mol. The molecule has 3 aliphatic rings. The number of nitrogens with zero attached hydrogens (tertiary/aromatic N) is 6. The average molecular weight is 1760 g/mol. The van der Waals surface area contributed by atoms with Crippen molar-refractivity contribution in [2.75, 3.05) is 53.9 Å². The third-order valence-electron chi connectivity index (χ3n) is 23.4. The van der Waals surface area contributed by atoms with Crippen molar-refractivity contribution < 1.29 is 86.9 Å². The number of aromatic hydroxyl groups is 1. The van der Waals surface area contributed by atoms with Gasteiger partial charge in [0.15, 0.2) is 0 Å². The number of amides is 16. The Morgan fingerprint density at radius 2 is 1.02 bits per heavy atom. The van der Waals surface area contributed by atoms with E-state index in [0.29, 0.717) is 53.3 Å². The lowest BCUT2D eigenvalue weighted by atomic mass is 9.99. The zero-order chi connectivity index (χ0) is 92.5. The number of aliphatic hydroxyl groups excluding tert-OH is 1. The van der Waals surface area contributed by atoms with E-state index >= 15 is 24.0 Å². The third-order valence-corrected chi connectivity index (χ3v) is 23.4. The molecule has 17 N–H and O–H groups in total. The van der Waals surface area contributed by atoms with Crippen molar-refractivity contribution >= 4 is 116 Å². The number of phenols is 1. The molecule has 3 saturated heterocycles. The molecule has 0 spiro atoms. The molecule has 3 aromatic carbocycles. The van der Waals surface area contributed by atoms with Crippen LogP contribution in [-0.4, -0.2) is 282 Å². The number of carbonyl (C=O) groups is 16. The maximum atomic E-state index is 15.5. The summed E-state index contributed by atoms with van der Waals surface area (Å²) in [7, 11) is 4.14. The zero-order valence-electron chi connectivity index (χ0n) is 73.8. The van der Waals surface area contributed by atoms with Crippen molar-refractivity contribution in [2.24, 2.45) is 17.6 Å². The van der Waals surface area contributed by atoms with Crippen LogP contribution in [0.2, 0.25) is 0 Å². The van der Waals surface area contributed by atoms with E-state index in [2.05, 4.69) is 73.1 Å². The Hall–Kier alpha value is -12.8. The minimum absolute atomic E-state index is 0.0176. The molecule has 0 saturated carbocycles. The van der Waals surface area contributed by atoms with Crippen LogP contribution in [0.15, 0.2) is 97.7 Å². The minimum atomic E-state index is -1.73. The zero-order valence-corrected chi connectivity index (χ0v) is 73.8. The summed E-state index contributed by atoms with van der Waals surface area (Å²) in [5.41, 5.74) is 9.00. The number of fused-ring (bicyclic) bond motifs is 4. The van der Waals surface area contributed by atoms with Crippen molar-refractivity contribution in [1.82, 2.24) is 97.6 Å². The largest absolute Gasteiger partial charge is 0.508 e. The van der Waals surface area contributed by atoms with Gasteiger partial charge in [-0.05, 0) is 105 Å². The number of primary amides is 1. The van der Waals surface area contributed by atoms with Crippen LogP contribution in [0.5, 0.6) is 5.75 Å². The molecule has 9 rings (SSSR count). The van der Waals surface area contributed by atoms with Gasteiger partial charge in [0.25, 0.3) is 0 Å². The van der Waals surface area contributed by atoms with E-state index in [0.717, 1.165) is 25.6 Å². The fourth-order valence-electron chi connectivity index (χ4n) is 16.3. The van der Waals surface area contributed by atoms with E-state index in [4.69, 9.17) is 5.73 Å². The van der Waals surface area contributed by atoms with Crippen molar-refractivity contribution in [2.45, 2.75) is 243 Å². The molecule has 127 heavy (non-hydrogen) atoms. The molecular weight excluding hydrogens is 1640 g/mol. The lowest BCUT2D eigenvalue weighted by Crippen LogP contribution is -2.60. The molecule has 0 unspecified atom stereocenters. The molecule has 3 aliphatic heterocycles. The Bertz CT molecular complexity index is 4880. The molecule has 0 bridgehead atoms. The van der Waals surface area contributed by atoms with Crippen molar-refractivity contribution in [3.63, 3.8) is 0 Å². The number of benzene rings is 3. The van der Waals surface area contributed by atoms with Crippen LogP contribution in [0.4, 0.5) is 0 Å². The number of rotatable bonds is 20. The molecule has 0 radical (unpaired) electrons. The number of para-hydroxylation sites is 2. The standard InChI is InChI=1S/C89H124N20O18/c1-11-13-25-70-82(120)100-63(35-50(3)4)79(117)92-33-19-28-75(113)95-46-76(114)98-67(37-53-29-31-57(110)32-30-53)85(123)105(8)52(7)78(116)103-69(42-74(90)112)87(125)108-34-20-27-71(108)83(121)102-65(40-56-45-91-49-97-56)81(119)104-66(36-51(5)6)88(126)109-48-58(111)41-73(109)84(122)101-64(38-54-43-93-61-23-17-15-21-59(54)61)80(118)96-47-77(115)99-68(39-55-44-94-62-24-18-16-22-60(55)62)86(124)107(10)72(26-14-12-2)89(127)106(70)9/h15-18,21-24,29-32,43-45,49-52,58,63-73,93-94,110-111H,11-14,19-20,25-28,33-42,46-48H2,1-10H3,(H2,90,112)(H,91,97)(H,92,117)(H,95,113)(H,96,118)(H,98,114)(H,99,115)(H,100,120)(H,101,122)(H,102,121)(H,103,116)(H,104,119)/t52-,58+,63-,64-,65-,66-,67-,68-,69-,70-,71-,72-,73-/m0/s1. The van der Waals surface area contributed by atoms with Gasteiger partial charge in [0.1, 0.15) is 78.3 Å². The topological polar surface area (TPSA) is 536 Å². The van der Waals surface area contributed by atoms with Gasteiger partial charge in [0.2, 0.25) is 94.5 Å². The van der Waals surface area contributed by atoms with Crippen LogP contribution in [0, 0.1) is 11.8 Å². The van der Waals surface area contributed by atoms with E-state index < -0.39 is 199 Å². The number of phenolic OH excluding ortho intramolecular Hbond substituents is 1. The van der Waals surface area contributed by atoms with E-state index in [1.807, 2.05) is 45.9 Å². The highest BCUT2D eigenvalue weighted by Crippen LogP contribution is 2.28. The Balaban J connectivity index is 1.04. The van der Waals surface area contributed by atoms with Crippen LogP contribution >= 0.6 is 0 Å². The van der Waals surface area contributed by atoms with Crippen LogP contribution in [0.1, 0.15) is 161 Å². The maximum absolute atomic E-state index is 15.5. The second-order valence-electron chi connectivity index (χ2n) is 34.1. The van der Waals surface area contributed by atoms with Crippen LogP contribution < -0.4 is 58.9 Å². The van der Waals surface area contributed by atoms with Gasteiger partial charge in [-0.15, -0.1) is 0 Å². The van der Waals surface area contributed by atoms with Gasteiger partial charge in [0.05, 0.1) is 37.6 Å². The number of nitrogens with two attached hydrogens (primary N) is 1. The van der Waals surface area contributed by atoms with Gasteiger partial charge in [-0.3, -0.25) is 76.7 Å². The molecule has 3 aromatic heterocycles. The summed E-state index contributed by atoms with van der Waals surface area (Å²) >= 11 is 0. The minimum Gasteiger partial charge on any atom is -0.508 e. The summed E-state index contributed by atoms with van der Waals surface area (Å²) in [6.45, 7) is 10.4. The first-order chi connectivity index (χ1) is 60.5. The Kier molecular flexibility index (Phi) is 35.9. The first-order valence-electron chi connectivity index (χ1n) is 43.7. The third kappa shape index (κ3) is 27.1. The predicted molar refractivity (Wildman–Crippen MR) is 468 cm³/mol. The Morgan fingerprint density at radius 3 is 1.62 bits per heavy atom. The number of nitrogens with one attached hydrogen (secondary N) is 13. The second-order valence-corrected chi connectivity index (χ2v) is 34.1. The molecule has 13 atom stereocenters. The molecule has 6 heterocycles. The molecule has 688 valence electrons. The first-order valence-corrected chi connectivity index (χ1v) is 43.7. The van der Waals surface area contributed by atoms with E-state index in [9.17, 15) is 63.0 Å². The van der Waals surface area contributed by atoms with Gasteiger partial charge in [-0.25, -0.2) is 4.98 Å². The second kappa shape index (κ2) is 46.4. The summed E-state index contributed by atoms with van der Waals surface area (Å²) in [4.78, 5) is 253. The number of unbranched alkanes of at least 4 members (excludes halogenated alkanes) is 2. The SMILES string of the molecule is CCCC[C@H]1C(=O)N(C)[C@@H](CCCC)C(=O)N[C@@H](CC(C)C)C(=O)NCCCC(=O)NCC(=O)N[C@@H](Cc2ccc(O)cc2)C(=O)N(C)[C@@H](C)C(=O)N[C@@H](CC(N)=O)C(=O)N2CCC[C@H]2C(=O)N[C@@H](Cc2c[nH]cn2)C(=O)N[C@@H](CC(C)C)C(=O)N2C[C@H](O)C[C@H]2C(=O)N[C@@H](Cc2c[nH]c3ccccc23)C(=O)NCC(=O)N[C@@H](Cc2c[nH]c3ccccc23)C(=O)N1C. The predicted octanol–water partition coefficient (Wildman–Crippen LogP) is 0.686. The van der Waals surface area contributed by atoms with Crippen LogP contribution in [0.25, 0.3) is 21.8 Å². The fourth-order valence-corrected chi connectivity index (χ4v) is 16.3. The highest BCUT2D eigenvalue weighted by molar-refractivity contribution is 6.02. The van der Waals surface area contributed by atoms with Gasteiger partial charge in [-0.2, -0.15) is 0 Å². The van der Waals surface area contributed by atoms with E-state index in [1.54, 1.807) is 56.6 Å². The van der Waals surface area contributed by atoms with Crippen molar-refractivity contribution in [3.8, 4) is 5.75 Å². The molecule has 3 fully saturated rings. The number of hydrogen-bond donors (Lipinski definition) is 16. The fraction of sp³-hybridized carbons (Fsp3) is 0.539. The van der Waals surface area contributed by atoms with Gasteiger partial charge in [-0.1, -0.05) is 116 Å². The quantitative estimate of drug-likeness (QED) is 0.0500. The molecule has 38 heteroatoms. The summed E-state index contributed by atoms with van der Waals surface area (Å²) in [6, 6.07) is 3.36. The Morgan fingerprint density at radius 1 is 0.504 bits per heavy atom. The number of aliphatic hydroxyl groups is 1. The summed E-state index contributed by atoms with van der Waals surface area (Å²) in [5.74, 6) is -13.6. The maximum Gasteiger partial charge on any atom is 0.246 e. The van der Waals surface area contributed by atoms with Crippen molar-refractivity contribution in [1.29, 1.82) is 0 Å². The molecule has 38 nitrogen and oxygen atoms in total. The van der Waals surface area contributed by atoms with Crippen LogP contribution in [0.3, 0.4) is 0 Å². The van der Waals surface area contributed by atoms with Crippen molar-refractivity contribution in [3.05, 3.63) is 120 Å². The van der Waals surface area contributed by atoms with E-state index in [1.165, 1.54) is 74.7 Å². The molecule has 16 amide bonds.